The van der Waals surface area contributed by atoms with E-state index in [1.165, 1.54) is 4.90 Å². The third kappa shape index (κ3) is 5.10. The van der Waals surface area contributed by atoms with Gasteiger partial charge in [-0.2, -0.15) is 4.99 Å². The van der Waals surface area contributed by atoms with E-state index >= 15 is 0 Å². The minimum absolute atomic E-state index is 0.252. The van der Waals surface area contributed by atoms with Crippen LogP contribution in [-0.4, -0.2) is 17.0 Å². The Balaban J connectivity index is 1.49. The first-order chi connectivity index (χ1) is 17.0. The first-order valence-electron chi connectivity index (χ1n) is 10.5. The van der Waals surface area contributed by atoms with Gasteiger partial charge in [0.25, 0.3) is 11.8 Å². The molecule has 3 aromatic carbocycles. The predicted octanol–water partition coefficient (Wildman–Crippen LogP) is 7.57. The molecule has 172 valence electrons. The molecular formula is C27H16Cl2N2O3S. The number of hydrogen-bond donors (Lipinski definition) is 0. The number of benzene rings is 3. The van der Waals surface area contributed by atoms with E-state index in [9.17, 15) is 9.59 Å². The van der Waals surface area contributed by atoms with Crippen molar-refractivity contribution in [3.05, 3.63) is 117 Å². The molecule has 0 spiro atoms. The molecule has 35 heavy (non-hydrogen) atoms. The Morgan fingerprint density at radius 3 is 2.20 bits per heavy atom. The van der Waals surface area contributed by atoms with Crippen molar-refractivity contribution in [1.29, 1.82) is 0 Å². The molecule has 2 amide bonds. The maximum absolute atomic E-state index is 13.4. The smallest absolute Gasteiger partial charge is 0.279 e. The van der Waals surface area contributed by atoms with Crippen LogP contribution in [0, 0.1) is 0 Å². The van der Waals surface area contributed by atoms with Gasteiger partial charge >= 0.3 is 0 Å². The van der Waals surface area contributed by atoms with Gasteiger partial charge in [-0.05, 0) is 84.6 Å². The van der Waals surface area contributed by atoms with Gasteiger partial charge in [0.05, 0.1) is 10.6 Å². The van der Waals surface area contributed by atoms with E-state index in [2.05, 4.69) is 4.99 Å². The van der Waals surface area contributed by atoms with E-state index in [0.717, 1.165) is 17.3 Å². The molecule has 2 heterocycles. The van der Waals surface area contributed by atoms with Crippen molar-refractivity contribution >= 4 is 63.7 Å². The molecule has 1 aliphatic rings. The Hall–Kier alpha value is -3.58. The number of carbonyl (C=O) groups is 2. The highest BCUT2D eigenvalue weighted by Gasteiger charge is 2.35. The van der Waals surface area contributed by atoms with Crippen LogP contribution in [0.2, 0.25) is 10.0 Å². The zero-order valence-corrected chi connectivity index (χ0v) is 20.3. The average molecular weight is 519 g/mol. The number of furan rings is 1. The molecule has 8 heteroatoms. The van der Waals surface area contributed by atoms with Gasteiger partial charge in [-0.1, -0.05) is 41.4 Å². The van der Waals surface area contributed by atoms with E-state index in [4.69, 9.17) is 27.6 Å². The summed E-state index contributed by atoms with van der Waals surface area (Å²) in [6.07, 6.45) is 1.64. The third-order valence-electron chi connectivity index (χ3n) is 5.14. The summed E-state index contributed by atoms with van der Waals surface area (Å²) in [6, 6.07) is 26.4. The van der Waals surface area contributed by atoms with Gasteiger partial charge in [-0.15, -0.1) is 0 Å². The van der Waals surface area contributed by atoms with Crippen molar-refractivity contribution in [3.63, 3.8) is 0 Å². The van der Waals surface area contributed by atoms with Crippen LogP contribution in [0.5, 0.6) is 0 Å². The van der Waals surface area contributed by atoms with Crippen molar-refractivity contribution in [2.24, 2.45) is 4.99 Å². The molecule has 5 nitrogen and oxygen atoms in total. The molecule has 0 bridgehead atoms. The quantitative estimate of drug-likeness (QED) is 0.261. The first kappa shape index (κ1) is 23.2. The fourth-order valence-electron chi connectivity index (χ4n) is 3.43. The zero-order chi connectivity index (χ0) is 24.4. The molecule has 0 N–H and O–H groups in total. The van der Waals surface area contributed by atoms with Crippen LogP contribution in [0.15, 0.2) is 105 Å². The van der Waals surface area contributed by atoms with E-state index in [1.54, 1.807) is 72.8 Å². The lowest BCUT2D eigenvalue weighted by Gasteiger charge is -2.15. The third-order valence-corrected chi connectivity index (χ3v) is 6.61. The lowest BCUT2D eigenvalue weighted by Crippen LogP contribution is -2.29. The van der Waals surface area contributed by atoms with Crippen molar-refractivity contribution in [2.45, 2.75) is 0 Å². The molecular weight excluding hydrogens is 503 g/mol. The van der Waals surface area contributed by atoms with Gasteiger partial charge in [0, 0.05) is 27.2 Å². The van der Waals surface area contributed by atoms with E-state index in [1.807, 2.05) is 24.3 Å². The molecule has 4 aromatic rings. The minimum Gasteiger partial charge on any atom is -0.457 e. The standard InChI is InChI=1S/C27H16Cl2N2O3S/c28-19-8-6-17(7-9-19)23-15-14-22(34-23)16-24-26(33)31(21-12-10-20(29)11-13-21)27(35-24)30-25(32)18-4-2-1-3-5-18/h1-16H/b24-16-,30-27?. The van der Waals surface area contributed by atoms with Gasteiger partial charge in [0.2, 0.25) is 0 Å². The summed E-state index contributed by atoms with van der Waals surface area (Å²) in [5, 5.41) is 1.42. The monoisotopic (exact) mass is 518 g/mol. The number of halogens is 2. The van der Waals surface area contributed by atoms with Crippen LogP contribution in [0.4, 0.5) is 5.69 Å². The Morgan fingerprint density at radius 1 is 0.857 bits per heavy atom. The maximum atomic E-state index is 13.4. The van der Waals surface area contributed by atoms with Crippen LogP contribution in [0.25, 0.3) is 17.4 Å². The number of rotatable bonds is 4. The molecule has 1 saturated heterocycles. The normalized spacial score (nSPS) is 15.8. The highest BCUT2D eigenvalue weighted by molar-refractivity contribution is 8.19. The molecule has 1 aromatic heterocycles. The highest BCUT2D eigenvalue weighted by Crippen LogP contribution is 2.37. The summed E-state index contributed by atoms with van der Waals surface area (Å²) in [4.78, 5) is 32.2. The summed E-state index contributed by atoms with van der Waals surface area (Å²) in [6.45, 7) is 0. The van der Waals surface area contributed by atoms with Gasteiger partial charge in [-0.25, -0.2) is 0 Å². The van der Waals surface area contributed by atoms with Gasteiger partial charge in [-0.3, -0.25) is 14.5 Å². The second-order valence-electron chi connectivity index (χ2n) is 7.50. The van der Waals surface area contributed by atoms with Crippen molar-refractivity contribution in [2.75, 3.05) is 4.90 Å². The molecule has 0 saturated carbocycles. The number of carbonyl (C=O) groups excluding carboxylic acids is 2. The predicted molar refractivity (Wildman–Crippen MR) is 142 cm³/mol. The van der Waals surface area contributed by atoms with E-state index < -0.39 is 5.91 Å². The number of amidine groups is 1. The number of aliphatic imine (C=N–C) groups is 1. The summed E-state index contributed by atoms with van der Waals surface area (Å²) < 4.78 is 5.93. The Bertz CT molecular complexity index is 1460. The number of nitrogens with zero attached hydrogens (tertiary/aromatic N) is 2. The second kappa shape index (κ2) is 9.96. The largest absolute Gasteiger partial charge is 0.457 e. The molecule has 0 atom stereocenters. The van der Waals surface area contributed by atoms with Gasteiger partial charge in [0.1, 0.15) is 11.5 Å². The minimum atomic E-state index is -0.441. The van der Waals surface area contributed by atoms with Crippen LogP contribution in [0.3, 0.4) is 0 Å². The lowest BCUT2D eigenvalue weighted by molar-refractivity contribution is -0.113. The van der Waals surface area contributed by atoms with Crippen LogP contribution < -0.4 is 4.90 Å². The maximum Gasteiger partial charge on any atom is 0.279 e. The number of anilines is 1. The average Bonchev–Trinajstić information content (AvgIpc) is 3.45. The topological polar surface area (TPSA) is 62.9 Å². The summed E-state index contributed by atoms with van der Waals surface area (Å²) in [5.74, 6) is 0.384. The molecule has 0 radical (unpaired) electrons. The lowest BCUT2D eigenvalue weighted by atomic mass is 10.2. The fourth-order valence-corrected chi connectivity index (χ4v) is 4.64. The van der Waals surface area contributed by atoms with Crippen molar-refractivity contribution in [3.8, 4) is 11.3 Å². The molecule has 5 rings (SSSR count). The van der Waals surface area contributed by atoms with E-state index in [-0.39, 0.29) is 11.1 Å². The Morgan fingerprint density at radius 2 is 1.51 bits per heavy atom. The fraction of sp³-hybridized carbons (Fsp3) is 0. The highest BCUT2D eigenvalue weighted by atomic mass is 35.5. The molecule has 1 fully saturated rings. The number of amides is 2. The SMILES string of the molecule is O=C(N=C1S/C(=C\c2ccc(-c3ccc(Cl)cc3)o2)C(=O)N1c1ccc(Cl)cc1)c1ccccc1. The number of hydrogen-bond acceptors (Lipinski definition) is 4. The van der Waals surface area contributed by atoms with E-state index in [0.29, 0.717) is 37.7 Å². The summed E-state index contributed by atoms with van der Waals surface area (Å²) >= 11 is 13.1. The molecule has 1 aliphatic heterocycles. The molecule has 0 unspecified atom stereocenters. The summed E-state index contributed by atoms with van der Waals surface area (Å²) in [7, 11) is 0. The zero-order valence-electron chi connectivity index (χ0n) is 18.0. The van der Waals surface area contributed by atoms with Crippen LogP contribution >= 0.6 is 35.0 Å². The van der Waals surface area contributed by atoms with Crippen molar-refractivity contribution in [1.82, 2.24) is 0 Å². The van der Waals surface area contributed by atoms with Crippen LogP contribution in [-0.2, 0) is 4.79 Å². The second-order valence-corrected chi connectivity index (χ2v) is 9.38. The van der Waals surface area contributed by atoms with Crippen LogP contribution in [0.1, 0.15) is 16.1 Å². The summed E-state index contributed by atoms with van der Waals surface area (Å²) in [5.41, 5.74) is 1.85. The Labute approximate surface area is 215 Å². The van der Waals surface area contributed by atoms with Gasteiger partial charge < -0.3 is 4.42 Å². The van der Waals surface area contributed by atoms with Gasteiger partial charge in [0.15, 0.2) is 5.17 Å². The first-order valence-corrected chi connectivity index (χ1v) is 12.1. The molecule has 0 aliphatic carbocycles. The van der Waals surface area contributed by atoms with Crippen molar-refractivity contribution < 1.29 is 14.0 Å². The Kier molecular flexibility index (Phi) is 6.59. The number of thioether (sulfide) groups is 1.